The Balaban J connectivity index is 1.73. The molecule has 0 heterocycles. The van der Waals surface area contributed by atoms with Crippen LogP contribution in [-0.2, 0) is 0 Å². The maximum absolute atomic E-state index is 13.4. The summed E-state index contributed by atoms with van der Waals surface area (Å²) in [6.45, 7) is 2.61. The van der Waals surface area contributed by atoms with Gasteiger partial charge in [0.05, 0.1) is 0 Å². The summed E-state index contributed by atoms with van der Waals surface area (Å²) in [4.78, 5) is 14.8. The lowest BCUT2D eigenvalue weighted by Crippen LogP contribution is -2.37. The molecule has 114 valence electrons. The van der Waals surface area contributed by atoms with Crippen LogP contribution < -0.4 is 0 Å². The predicted molar refractivity (Wildman–Crippen MR) is 81.8 cm³/mol. The molecular formula is C18H24FNO. The molecule has 2 aliphatic rings. The molecule has 2 nitrogen and oxygen atoms in total. The van der Waals surface area contributed by atoms with Gasteiger partial charge in [0, 0.05) is 18.2 Å². The topological polar surface area (TPSA) is 20.3 Å². The average molecular weight is 289 g/mol. The van der Waals surface area contributed by atoms with Crippen LogP contribution in [0.15, 0.2) is 18.2 Å². The first-order valence-corrected chi connectivity index (χ1v) is 8.22. The van der Waals surface area contributed by atoms with E-state index < -0.39 is 0 Å². The van der Waals surface area contributed by atoms with Gasteiger partial charge in [-0.1, -0.05) is 19.3 Å². The lowest BCUT2D eigenvalue weighted by molar-refractivity contribution is 0.0698. The normalized spacial score (nSPS) is 19.5. The van der Waals surface area contributed by atoms with E-state index in [4.69, 9.17) is 0 Å². The van der Waals surface area contributed by atoms with Gasteiger partial charge in [0.15, 0.2) is 0 Å². The fourth-order valence-electron chi connectivity index (χ4n) is 3.38. The fourth-order valence-corrected chi connectivity index (χ4v) is 3.38. The van der Waals surface area contributed by atoms with Crippen LogP contribution in [0.3, 0.4) is 0 Å². The Morgan fingerprint density at radius 2 is 1.90 bits per heavy atom. The number of hydrogen-bond donors (Lipinski definition) is 0. The summed E-state index contributed by atoms with van der Waals surface area (Å²) in [5.41, 5.74) is 1.19. The van der Waals surface area contributed by atoms with Crippen molar-refractivity contribution in [2.75, 3.05) is 6.54 Å². The second kappa shape index (κ2) is 6.17. The lowest BCUT2D eigenvalue weighted by Gasteiger charge is -2.30. The molecule has 2 saturated carbocycles. The molecule has 0 bridgehead atoms. The van der Waals surface area contributed by atoms with Gasteiger partial charge in [0.25, 0.3) is 5.91 Å². The number of aryl methyl sites for hydroxylation is 1. The van der Waals surface area contributed by atoms with Crippen molar-refractivity contribution >= 4 is 5.91 Å². The SMILES string of the molecule is Cc1cc(C(=O)N(CC2CCCCC2)C2CC2)ccc1F. The number of benzene rings is 1. The Kier molecular flexibility index (Phi) is 4.27. The minimum Gasteiger partial charge on any atom is -0.335 e. The van der Waals surface area contributed by atoms with Gasteiger partial charge in [-0.15, -0.1) is 0 Å². The molecule has 1 amide bonds. The third-order valence-corrected chi connectivity index (χ3v) is 4.83. The highest BCUT2D eigenvalue weighted by molar-refractivity contribution is 5.94. The molecule has 21 heavy (non-hydrogen) atoms. The zero-order chi connectivity index (χ0) is 14.8. The predicted octanol–water partition coefficient (Wildman–Crippen LogP) is 4.32. The molecule has 3 rings (SSSR count). The number of amides is 1. The third-order valence-electron chi connectivity index (χ3n) is 4.83. The first-order valence-electron chi connectivity index (χ1n) is 8.22. The highest BCUT2D eigenvalue weighted by Crippen LogP contribution is 2.32. The summed E-state index contributed by atoms with van der Waals surface area (Å²) in [7, 11) is 0. The molecular weight excluding hydrogens is 265 g/mol. The summed E-state index contributed by atoms with van der Waals surface area (Å²) in [5.74, 6) is 0.507. The van der Waals surface area contributed by atoms with E-state index in [2.05, 4.69) is 4.90 Å². The van der Waals surface area contributed by atoms with E-state index in [1.807, 2.05) is 0 Å². The van der Waals surface area contributed by atoms with E-state index >= 15 is 0 Å². The lowest BCUT2D eigenvalue weighted by atomic mass is 9.88. The first kappa shape index (κ1) is 14.6. The Bertz CT molecular complexity index is 518. The molecule has 1 aromatic carbocycles. The molecule has 0 radical (unpaired) electrons. The molecule has 0 N–H and O–H groups in total. The van der Waals surface area contributed by atoms with E-state index in [-0.39, 0.29) is 11.7 Å². The van der Waals surface area contributed by atoms with Gasteiger partial charge >= 0.3 is 0 Å². The van der Waals surface area contributed by atoms with E-state index in [1.54, 1.807) is 19.1 Å². The number of rotatable bonds is 4. The molecule has 0 spiro atoms. The zero-order valence-electron chi connectivity index (χ0n) is 12.8. The Hall–Kier alpha value is -1.38. The van der Waals surface area contributed by atoms with Crippen molar-refractivity contribution in [2.24, 2.45) is 5.92 Å². The van der Waals surface area contributed by atoms with Crippen LogP contribution in [-0.4, -0.2) is 23.4 Å². The minimum absolute atomic E-state index is 0.0890. The quantitative estimate of drug-likeness (QED) is 0.808. The molecule has 0 atom stereocenters. The maximum Gasteiger partial charge on any atom is 0.254 e. The summed E-state index contributed by atoms with van der Waals surface area (Å²) in [6, 6.07) is 5.15. The molecule has 1 aromatic rings. The maximum atomic E-state index is 13.4. The fraction of sp³-hybridized carbons (Fsp3) is 0.611. The monoisotopic (exact) mass is 289 g/mol. The summed E-state index contributed by atoms with van der Waals surface area (Å²) in [5, 5.41) is 0. The van der Waals surface area contributed by atoms with Crippen molar-refractivity contribution < 1.29 is 9.18 Å². The van der Waals surface area contributed by atoms with Gasteiger partial charge in [-0.25, -0.2) is 4.39 Å². The van der Waals surface area contributed by atoms with Gasteiger partial charge in [0.1, 0.15) is 5.82 Å². The Morgan fingerprint density at radius 1 is 1.19 bits per heavy atom. The minimum atomic E-state index is -0.239. The molecule has 0 aromatic heterocycles. The van der Waals surface area contributed by atoms with Gasteiger partial charge < -0.3 is 4.90 Å². The van der Waals surface area contributed by atoms with Crippen LogP contribution in [0.2, 0.25) is 0 Å². The van der Waals surface area contributed by atoms with Crippen molar-refractivity contribution in [1.82, 2.24) is 4.90 Å². The largest absolute Gasteiger partial charge is 0.335 e. The standard InChI is InChI=1S/C18H24FNO/c1-13-11-15(7-10-17(13)19)18(21)20(16-8-9-16)12-14-5-3-2-4-6-14/h7,10-11,14,16H,2-6,8-9,12H2,1H3. The van der Waals surface area contributed by atoms with Crippen LogP contribution in [0.5, 0.6) is 0 Å². The highest BCUT2D eigenvalue weighted by Gasteiger charge is 2.34. The number of halogens is 1. The number of carbonyl (C=O) groups excluding carboxylic acids is 1. The number of nitrogens with zero attached hydrogens (tertiary/aromatic N) is 1. The Morgan fingerprint density at radius 3 is 2.52 bits per heavy atom. The number of carbonyl (C=O) groups is 1. The molecule has 0 saturated heterocycles. The van der Waals surface area contributed by atoms with Gasteiger partial charge in [-0.05, 0) is 62.3 Å². The van der Waals surface area contributed by atoms with Gasteiger partial charge in [-0.2, -0.15) is 0 Å². The summed E-state index contributed by atoms with van der Waals surface area (Å²) in [6.07, 6.45) is 8.68. The van der Waals surface area contributed by atoms with Crippen LogP contribution >= 0.6 is 0 Å². The van der Waals surface area contributed by atoms with Crippen molar-refractivity contribution in [3.63, 3.8) is 0 Å². The average Bonchev–Trinajstić information content (AvgIpc) is 3.33. The van der Waals surface area contributed by atoms with E-state index in [0.717, 1.165) is 19.4 Å². The van der Waals surface area contributed by atoms with Crippen molar-refractivity contribution in [3.05, 3.63) is 35.1 Å². The van der Waals surface area contributed by atoms with Crippen LogP contribution in [0, 0.1) is 18.7 Å². The van der Waals surface area contributed by atoms with Crippen molar-refractivity contribution in [2.45, 2.75) is 57.9 Å². The van der Waals surface area contributed by atoms with Crippen LogP contribution in [0.1, 0.15) is 60.9 Å². The first-order chi connectivity index (χ1) is 10.1. The third kappa shape index (κ3) is 3.45. The van der Waals surface area contributed by atoms with E-state index in [1.165, 1.54) is 38.2 Å². The summed E-state index contributed by atoms with van der Waals surface area (Å²) < 4.78 is 13.4. The van der Waals surface area contributed by atoms with Crippen molar-refractivity contribution in [1.29, 1.82) is 0 Å². The molecule has 0 unspecified atom stereocenters. The molecule has 0 aliphatic heterocycles. The Labute approximate surface area is 126 Å². The molecule has 2 fully saturated rings. The van der Waals surface area contributed by atoms with Gasteiger partial charge in [-0.3, -0.25) is 4.79 Å². The van der Waals surface area contributed by atoms with Crippen molar-refractivity contribution in [3.8, 4) is 0 Å². The van der Waals surface area contributed by atoms with Gasteiger partial charge in [0.2, 0.25) is 0 Å². The number of hydrogen-bond acceptors (Lipinski definition) is 1. The van der Waals surface area contributed by atoms with Crippen LogP contribution in [0.25, 0.3) is 0 Å². The summed E-state index contributed by atoms with van der Waals surface area (Å²) >= 11 is 0. The molecule has 2 aliphatic carbocycles. The van der Waals surface area contributed by atoms with E-state index in [0.29, 0.717) is 23.1 Å². The smallest absolute Gasteiger partial charge is 0.254 e. The second-order valence-electron chi connectivity index (χ2n) is 6.66. The second-order valence-corrected chi connectivity index (χ2v) is 6.66. The highest BCUT2D eigenvalue weighted by atomic mass is 19.1. The van der Waals surface area contributed by atoms with Crippen LogP contribution in [0.4, 0.5) is 4.39 Å². The molecule has 3 heteroatoms. The zero-order valence-corrected chi connectivity index (χ0v) is 12.8. The van der Waals surface area contributed by atoms with E-state index in [9.17, 15) is 9.18 Å².